The van der Waals surface area contributed by atoms with Crippen molar-refractivity contribution in [2.24, 2.45) is 0 Å². The van der Waals surface area contributed by atoms with Crippen LogP contribution in [0.2, 0.25) is 5.02 Å². The average Bonchev–Trinajstić information content (AvgIpc) is 2.29. The van der Waals surface area contributed by atoms with E-state index < -0.39 is 5.97 Å². The third-order valence-electron chi connectivity index (χ3n) is 2.65. The van der Waals surface area contributed by atoms with E-state index >= 15 is 0 Å². The summed E-state index contributed by atoms with van der Waals surface area (Å²) in [5.41, 5.74) is 3.08. The number of benzene rings is 2. The fourth-order valence-corrected chi connectivity index (χ4v) is 2.00. The van der Waals surface area contributed by atoms with E-state index in [1.165, 1.54) is 6.07 Å². The molecule has 0 aliphatic heterocycles. The molecule has 0 aliphatic carbocycles. The molecule has 86 valence electrons. The number of hydrogen-bond donors (Lipinski definition) is 0. The van der Waals surface area contributed by atoms with Crippen molar-refractivity contribution in [2.75, 3.05) is 0 Å². The molecule has 0 bridgehead atoms. The number of carbonyl (C=O) groups excluding carboxylic acids is 1. The van der Waals surface area contributed by atoms with Crippen LogP contribution in [0.25, 0.3) is 11.1 Å². The summed E-state index contributed by atoms with van der Waals surface area (Å²) in [6.07, 6.45) is 0. The Hall–Kier alpha value is -1.80. The molecular formula is C14H10ClO2-. The van der Waals surface area contributed by atoms with Crippen LogP contribution in [0, 0.1) is 6.92 Å². The second-order valence-corrected chi connectivity index (χ2v) is 4.20. The minimum Gasteiger partial charge on any atom is -0.545 e. The molecule has 0 saturated carbocycles. The Morgan fingerprint density at radius 1 is 1.18 bits per heavy atom. The standard InChI is InChI=1S/C14H11ClO2/c1-9-4-2-3-5-11(9)10-6-7-12(14(16)17)13(15)8-10/h2-8H,1H3,(H,16,17)/p-1. The number of hydrogen-bond acceptors (Lipinski definition) is 2. The van der Waals surface area contributed by atoms with Gasteiger partial charge in [-0.1, -0.05) is 48.0 Å². The summed E-state index contributed by atoms with van der Waals surface area (Å²) in [6.45, 7) is 2.00. The van der Waals surface area contributed by atoms with Gasteiger partial charge in [-0.3, -0.25) is 0 Å². The Morgan fingerprint density at radius 2 is 1.88 bits per heavy atom. The monoisotopic (exact) mass is 245 g/mol. The van der Waals surface area contributed by atoms with Crippen LogP contribution in [0.1, 0.15) is 15.9 Å². The van der Waals surface area contributed by atoms with E-state index in [9.17, 15) is 9.90 Å². The van der Waals surface area contributed by atoms with Crippen molar-refractivity contribution in [1.29, 1.82) is 0 Å². The molecule has 0 saturated heterocycles. The summed E-state index contributed by atoms with van der Waals surface area (Å²) in [5.74, 6) is -1.26. The maximum atomic E-state index is 10.7. The van der Waals surface area contributed by atoms with E-state index in [0.29, 0.717) is 0 Å². The lowest BCUT2D eigenvalue weighted by Gasteiger charge is -2.09. The van der Waals surface area contributed by atoms with E-state index in [1.807, 2.05) is 31.2 Å². The van der Waals surface area contributed by atoms with Gasteiger partial charge in [0.1, 0.15) is 0 Å². The van der Waals surface area contributed by atoms with Gasteiger partial charge in [0.05, 0.1) is 11.0 Å². The summed E-state index contributed by atoms with van der Waals surface area (Å²) in [6, 6.07) is 12.7. The van der Waals surface area contributed by atoms with Gasteiger partial charge in [0, 0.05) is 5.56 Å². The molecule has 0 N–H and O–H groups in total. The zero-order valence-electron chi connectivity index (χ0n) is 9.24. The Kier molecular flexibility index (Phi) is 3.16. The first kappa shape index (κ1) is 11.7. The van der Waals surface area contributed by atoms with E-state index in [0.717, 1.165) is 16.7 Å². The Balaban J connectivity index is 2.52. The van der Waals surface area contributed by atoms with E-state index in [4.69, 9.17) is 11.6 Å². The summed E-state index contributed by atoms with van der Waals surface area (Å²) in [4.78, 5) is 10.7. The molecule has 0 aromatic heterocycles. The minimum atomic E-state index is -1.26. The molecule has 2 aromatic rings. The maximum absolute atomic E-state index is 10.7. The van der Waals surface area contributed by atoms with Crippen molar-refractivity contribution in [1.82, 2.24) is 0 Å². The molecule has 0 spiro atoms. The highest BCUT2D eigenvalue weighted by atomic mass is 35.5. The highest BCUT2D eigenvalue weighted by Gasteiger charge is 2.05. The zero-order chi connectivity index (χ0) is 12.4. The third kappa shape index (κ3) is 2.32. The van der Waals surface area contributed by atoms with Gasteiger partial charge in [-0.2, -0.15) is 0 Å². The molecule has 2 nitrogen and oxygen atoms in total. The van der Waals surface area contributed by atoms with Gasteiger partial charge in [0.2, 0.25) is 0 Å². The van der Waals surface area contributed by atoms with Crippen LogP contribution >= 0.6 is 11.6 Å². The van der Waals surface area contributed by atoms with Gasteiger partial charge in [-0.05, 0) is 29.7 Å². The van der Waals surface area contributed by atoms with Crippen molar-refractivity contribution in [3.8, 4) is 11.1 Å². The number of aryl methyl sites for hydroxylation is 1. The summed E-state index contributed by atoms with van der Waals surface area (Å²) < 4.78 is 0. The van der Waals surface area contributed by atoms with Crippen LogP contribution < -0.4 is 5.11 Å². The second kappa shape index (κ2) is 4.60. The normalized spacial score (nSPS) is 10.2. The molecule has 3 heteroatoms. The van der Waals surface area contributed by atoms with E-state index in [1.54, 1.807) is 12.1 Å². The number of rotatable bonds is 2. The van der Waals surface area contributed by atoms with Gasteiger partial charge in [-0.15, -0.1) is 0 Å². The van der Waals surface area contributed by atoms with Crippen molar-refractivity contribution in [3.05, 3.63) is 58.6 Å². The van der Waals surface area contributed by atoms with E-state index in [2.05, 4.69) is 0 Å². The highest BCUT2D eigenvalue weighted by Crippen LogP contribution is 2.27. The predicted octanol–water partition coefficient (Wildman–Crippen LogP) is 2.68. The van der Waals surface area contributed by atoms with Crippen LogP contribution in [0.3, 0.4) is 0 Å². The SMILES string of the molecule is Cc1ccccc1-c1ccc(C(=O)[O-])c(Cl)c1. The van der Waals surface area contributed by atoms with Gasteiger partial charge in [-0.25, -0.2) is 0 Å². The Bertz CT molecular complexity index is 576. The van der Waals surface area contributed by atoms with Crippen LogP contribution in [0.15, 0.2) is 42.5 Å². The molecule has 0 fully saturated rings. The number of carboxylic acid groups (broad SMARTS) is 1. The molecule has 0 heterocycles. The van der Waals surface area contributed by atoms with E-state index in [-0.39, 0.29) is 10.6 Å². The summed E-state index contributed by atoms with van der Waals surface area (Å²) in [5, 5.41) is 10.9. The largest absolute Gasteiger partial charge is 0.545 e. The number of aromatic carboxylic acids is 1. The highest BCUT2D eigenvalue weighted by molar-refractivity contribution is 6.33. The van der Waals surface area contributed by atoms with Gasteiger partial charge < -0.3 is 9.90 Å². The lowest BCUT2D eigenvalue weighted by molar-refractivity contribution is -0.255. The maximum Gasteiger partial charge on any atom is 0.0730 e. The summed E-state index contributed by atoms with van der Waals surface area (Å²) >= 11 is 5.91. The first-order valence-corrected chi connectivity index (χ1v) is 5.54. The van der Waals surface area contributed by atoms with Gasteiger partial charge in [0.25, 0.3) is 0 Å². The van der Waals surface area contributed by atoms with Crippen LogP contribution in [0.4, 0.5) is 0 Å². The smallest absolute Gasteiger partial charge is 0.0730 e. The molecular weight excluding hydrogens is 236 g/mol. The lowest BCUT2D eigenvalue weighted by atomic mass is 9.99. The zero-order valence-corrected chi connectivity index (χ0v) is 9.99. The number of carboxylic acids is 1. The molecule has 0 amide bonds. The van der Waals surface area contributed by atoms with Crippen LogP contribution in [-0.2, 0) is 0 Å². The Morgan fingerprint density at radius 3 is 2.47 bits per heavy atom. The van der Waals surface area contributed by atoms with Crippen molar-refractivity contribution in [3.63, 3.8) is 0 Å². The number of halogens is 1. The van der Waals surface area contributed by atoms with Crippen molar-refractivity contribution < 1.29 is 9.90 Å². The fraction of sp³-hybridized carbons (Fsp3) is 0.0714. The first-order chi connectivity index (χ1) is 8.09. The molecule has 17 heavy (non-hydrogen) atoms. The minimum absolute atomic E-state index is 0.0176. The van der Waals surface area contributed by atoms with Crippen LogP contribution in [0.5, 0.6) is 0 Å². The van der Waals surface area contributed by atoms with Crippen molar-refractivity contribution >= 4 is 17.6 Å². The van der Waals surface area contributed by atoms with Crippen LogP contribution in [-0.4, -0.2) is 5.97 Å². The average molecular weight is 246 g/mol. The molecule has 0 atom stereocenters. The first-order valence-electron chi connectivity index (χ1n) is 5.16. The quantitative estimate of drug-likeness (QED) is 0.816. The number of carbonyl (C=O) groups is 1. The predicted molar refractivity (Wildman–Crippen MR) is 66.0 cm³/mol. The molecule has 2 rings (SSSR count). The van der Waals surface area contributed by atoms with Crippen molar-refractivity contribution in [2.45, 2.75) is 6.92 Å². The van der Waals surface area contributed by atoms with Gasteiger partial charge >= 0.3 is 0 Å². The van der Waals surface area contributed by atoms with Gasteiger partial charge in [0.15, 0.2) is 0 Å². The molecule has 0 aliphatic rings. The lowest BCUT2D eigenvalue weighted by Crippen LogP contribution is -2.22. The Labute approximate surface area is 104 Å². The molecule has 0 radical (unpaired) electrons. The third-order valence-corrected chi connectivity index (χ3v) is 2.96. The second-order valence-electron chi connectivity index (χ2n) is 3.80. The fourth-order valence-electron chi connectivity index (χ4n) is 1.74. The topological polar surface area (TPSA) is 40.1 Å². The molecule has 2 aromatic carbocycles. The summed E-state index contributed by atoms with van der Waals surface area (Å²) in [7, 11) is 0. The molecule has 0 unspecified atom stereocenters.